The predicted octanol–water partition coefficient (Wildman–Crippen LogP) is 0.542. The van der Waals surface area contributed by atoms with Crippen molar-refractivity contribution in [2.45, 2.75) is 33.0 Å². The van der Waals surface area contributed by atoms with E-state index in [2.05, 4.69) is 5.32 Å². The molecule has 0 aliphatic carbocycles. The summed E-state index contributed by atoms with van der Waals surface area (Å²) in [5.74, 6) is 0.179. The Morgan fingerprint density at radius 3 is 2.31 bits per heavy atom. The van der Waals surface area contributed by atoms with Gasteiger partial charge >= 0.3 is 0 Å². The van der Waals surface area contributed by atoms with Gasteiger partial charge in [0.05, 0.1) is 12.2 Å². The Morgan fingerprint density at radius 1 is 1.31 bits per heavy atom. The van der Waals surface area contributed by atoms with Gasteiger partial charge in [0.2, 0.25) is 5.91 Å². The summed E-state index contributed by atoms with van der Waals surface area (Å²) >= 11 is 0. The molecule has 2 atom stereocenters. The lowest BCUT2D eigenvalue weighted by molar-refractivity contribution is -0.139. The van der Waals surface area contributed by atoms with Gasteiger partial charge in [-0.2, -0.15) is 0 Å². The van der Waals surface area contributed by atoms with Crippen molar-refractivity contribution in [3.8, 4) is 0 Å². The predicted molar refractivity (Wildman–Crippen MR) is 62.2 cm³/mol. The Kier molecular flexibility index (Phi) is 3.30. The van der Waals surface area contributed by atoms with E-state index in [1.807, 2.05) is 25.7 Å². The van der Waals surface area contributed by atoms with E-state index >= 15 is 0 Å². The Hall–Kier alpha value is -0.870. The third-order valence-corrected chi connectivity index (χ3v) is 3.23. The number of hydrogen-bond donors (Lipinski definition) is 1. The van der Waals surface area contributed by atoms with Crippen LogP contribution in [-0.4, -0.2) is 49.2 Å². The highest BCUT2D eigenvalue weighted by Crippen LogP contribution is 2.16. The van der Waals surface area contributed by atoms with Gasteiger partial charge in [-0.3, -0.25) is 4.79 Å². The van der Waals surface area contributed by atoms with Gasteiger partial charge in [-0.15, -0.1) is 0 Å². The second kappa shape index (κ2) is 4.55. The first-order valence-electron chi connectivity index (χ1n) is 5.92. The fourth-order valence-corrected chi connectivity index (χ4v) is 2.25. The van der Waals surface area contributed by atoms with E-state index in [9.17, 15) is 4.79 Å². The molecule has 0 spiro atoms. The molecule has 0 aromatic heterocycles. The minimum atomic E-state index is 0.144. The van der Waals surface area contributed by atoms with E-state index in [4.69, 9.17) is 4.74 Å². The van der Waals surface area contributed by atoms with Gasteiger partial charge in [-0.05, 0) is 26.3 Å². The summed E-state index contributed by atoms with van der Waals surface area (Å²) in [4.78, 5) is 14.1. The number of carbonyl (C=O) groups is 1. The van der Waals surface area contributed by atoms with Crippen molar-refractivity contribution in [3.05, 3.63) is 11.1 Å². The molecule has 2 rings (SSSR count). The molecule has 0 radical (unpaired) electrons. The lowest BCUT2D eigenvalue weighted by Crippen LogP contribution is -2.49. The van der Waals surface area contributed by atoms with E-state index < -0.39 is 0 Å². The topological polar surface area (TPSA) is 41.6 Å². The average Bonchev–Trinajstić information content (AvgIpc) is 2.12. The van der Waals surface area contributed by atoms with Gasteiger partial charge in [-0.1, -0.05) is 0 Å². The van der Waals surface area contributed by atoms with Crippen molar-refractivity contribution in [1.82, 2.24) is 10.2 Å². The zero-order valence-electron chi connectivity index (χ0n) is 10.2. The normalized spacial score (nSPS) is 29.9. The van der Waals surface area contributed by atoms with Crippen LogP contribution >= 0.6 is 0 Å². The molecule has 0 saturated carbocycles. The Bertz CT molecular complexity index is 309. The summed E-state index contributed by atoms with van der Waals surface area (Å²) in [5, 5.41) is 3.16. The molecule has 2 heterocycles. The van der Waals surface area contributed by atoms with Crippen LogP contribution in [0.2, 0.25) is 0 Å². The maximum atomic E-state index is 12.2. The zero-order chi connectivity index (χ0) is 11.7. The van der Waals surface area contributed by atoms with Crippen molar-refractivity contribution < 1.29 is 9.53 Å². The van der Waals surface area contributed by atoms with E-state index in [-0.39, 0.29) is 18.1 Å². The van der Waals surface area contributed by atoms with Crippen LogP contribution in [0, 0.1) is 0 Å². The molecule has 2 saturated heterocycles. The first kappa shape index (κ1) is 11.6. The van der Waals surface area contributed by atoms with Crippen LogP contribution in [0.4, 0.5) is 0 Å². The summed E-state index contributed by atoms with van der Waals surface area (Å²) in [6, 6.07) is 0. The second-order valence-electron chi connectivity index (χ2n) is 4.80. The van der Waals surface area contributed by atoms with Gasteiger partial charge in [0.15, 0.2) is 0 Å². The van der Waals surface area contributed by atoms with Crippen molar-refractivity contribution in [3.63, 3.8) is 0 Å². The molecule has 4 heteroatoms. The molecule has 1 N–H and O–H groups in total. The molecule has 4 nitrogen and oxygen atoms in total. The van der Waals surface area contributed by atoms with E-state index in [0.717, 1.165) is 18.7 Å². The highest BCUT2D eigenvalue weighted by atomic mass is 16.5. The third kappa shape index (κ3) is 2.28. The Morgan fingerprint density at radius 2 is 1.88 bits per heavy atom. The van der Waals surface area contributed by atoms with Gasteiger partial charge < -0.3 is 15.0 Å². The van der Waals surface area contributed by atoms with E-state index in [1.54, 1.807) is 0 Å². The Balaban J connectivity index is 2.03. The molecule has 2 unspecified atom stereocenters. The number of amides is 1. The molecule has 0 aromatic carbocycles. The van der Waals surface area contributed by atoms with Gasteiger partial charge in [0, 0.05) is 31.8 Å². The summed E-state index contributed by atoms with van der Waals surface area (Å²) in [5.41, 5.74) is 2.16. The number of nitrogens with zero attached hydrogens (tertiary/aromatic N) is 1. The summed E-state index contributed by atoms with van der Waals surface area (Å²) in [6.07, 6.45) is 0.287. The molecule has 16 heavy (non-hydrogen) atoms. The van der Waals surface area contributed by atoms with Crippen molar-refractivity contribution in [2.75, 3.05) is 26.2 Å². The lowest BCUT2D eigenvalue weighted by atomic mass is 10.0. The monoisotopic (exact) mass is 224 g/mol. The maximum Gasteiger partial charge on any atom is 0.249 e. The molecule has 90 valence electrons. The molecule has 2 aliphatic rings. The van der Waals surface area contributed by atoms with Crippen LogP contribution in [0.15, 0.2) is 11.1 Å². The largest absolute Gasteiger partial charge is 0.372 e. The van der Waals surface area contributed by atoms with Crippen LogP contribution in [0.3, 0.4) is 0 Å². The van der Waals surface area contributed by atoms with E-state index in [1.165, 1.54) is 5.57 Å². The fraction of sp³-hybridized carbons (Fsp3) is 0.750. The quantitative estimate of drug-likeness (QED) is 0.661. The summed E-state index contributed by atoms with van der Waals surface area (Å²) < 4.78 is 5.62. The molecule has 2 fully saturated rings. The lowest BCUT2D eigenvalue weighted by Gasteiger charge is -2.36. The van der Waals surface area contributed by atoms with Gasteiger partial charge in [0.1, 0.15) is 0 Å². The molecule has 0 aromatic rings. The number of carbonyl (C=O) groups excluding carboxylic acids is 1. The van der Waals surface area contributed by atoms with Crippen molar-refractivity contribution >= 4 is 5.91 Å². The second-order valence-corrected chi connectivity index (χ2v) is 4.80. The fourth-order valence-electron chi connectivity index (χ4n) is 2.25. The van der Waals surface area contributed by atoms with Crippen LogP contribution in [-0.2, 0) is 9.53 Å². The molecular weight excluding hydrogens is 204 g/mol. The number of morpholine rings is 1. The number of ether oxygens (including phenoxy) is 1. The van der Waals surface area contributed by atoms with Crippen molar-refractivity contribution in [1.29, 1.82) is 0 Å². The molecule has 0 bridgehead atoms. The molecular formula is C12H20N2O2. The maximum absolute atomic E-state index is 12.2. The third-order valence-electron chi connectivity index (χ3n) is 3.23. The van der Waals surface area contributed by atoms with E-state index in [0.29, 0.717) is 13.1 Å². The summed E-state index contributed by atoms with van der Waals surface area (Å²) in [6.45, 7) is 9.12. The minimum absolute atomic E-state index is 0.144. The van der Waals surface area contributed by atoms with Gasteiger partial charge in [-0.25, -0.2) is 0 Å². The first-order chi connectivity index (χ1) is 7.58. The number of hydrogen-bond acceptors (Lipinski definition) is 3. The highest BCUT2D eigenvalue weighted by molar-refractivity contribution is 5.94. The van der Waals surface area contributed by atoms with Crippen LogP contribution in [0.1, 0.15) is 20.8 Å². The average molecular weight is 224 g/mol. The zero-order valence-corrected chi connectivity index (χ0v) is 10.2. The smallest absolute Gasteiger partial charge is 0.249 e. The summed E-state index contributed by atoms with van der Waals surface area (Å²) in [7, 11) is 0. The van der Waals surface area contributed by atoms with Crippen molar-refractivity contribution in [2.24, 2.45) is 0 Å². The van der Waals surface area contributed by atoms with Crippen LogP contribution in [0.5, 0.6) is 0 Å². The highest BCUT2D eigenvalue weighted by Gasteiger charge is 2.28. The number of rotatable bonds is 1. The minimum Gasteiger partial charge on any atom is -0.372 e. The SMILES string of the molecule is CC(C(=O)N1CC(C)OC(C)C1)=C1CNC1. The Labute approximate surface area is 96.6 Å². The molecule has 1 amide bonds. The molecule has 2 aliphatic heterocycles. The van der Waals surface area contributed by atoms with Crippen LogP contribution < -0.4 is 5.32 Å². The van der Waals surface area contributed by atoms with Gasteiger partial charge in [0.25, 0.3) is 0 Å². The number of nitrogens with one attached hydrogen (secondary N) is 1. The van der Waals surface area contributed by atoms with Crippen LogP contribution in [0.25, 0.3) is 0 Å². The standard InChI is InChI=1S/C12H20N2O2/c1-8-6-14(7-9(2)16-8)12(15)10(3)11-4-13-5-11/h8-9,13H,4-7H2,1-3H3. The first-order valence-corrected chi connectivity index (χ1v) is 5.92.